The van der Waals surface area contributed by atoms with Crippen molar-refractivity contribution in [2.45, 2.75) is 25.7 Å². The summed E-state index contributed by atoms with van der Waals surface area (Å²) >= 11 is 6.14. The van der Waals surface area contributed by atoms with Gasteiger partial charge < -0.3 is 5.32 Å². The molecular formula is C19H23Cl3N4. The molecule has 1 unspecified atom stereocenters. The van der Waals surface area contributed by atoms with Gasteiger partial charge in [-0.25, -0.2) is 4.98 Å². The highest BCUT2D eigenvalue weighted by molar-refractivity contribution is 6.30. The molecule has 0 aliphatic carbocycles. The number of pyridine rings is 2. The van der Waals surface area contributed by atoms with Gasteiger partial charge in [0.1, 0.15) is 5.65 Å². The van der Waals surface area contributed by atoms with E-state index >= 15 is 0 Å². The molecule has 1 aliphatic heterocycles. The smallest absolute Gasteiger partial charge is 0.137 e. The van der Waals surface area contributed by atoms with E-state index < -0.39 is 0 Å². The van der Waals surface area contributed by atoms with Gasteiger partial charge in [-0.1, -0.05) is 17.7 Å². The summed E-state index contributed by atoms with van der Waals surface area (Å²) in [4.78, 5) is 9.35. The van der Waals surface area contributed by atoms with Crippen LogP contribution in [0.4, 0.5) is 0 Å². The summed E-state index contributed by atoms with van der Waals surface area (Å²) < 4.78 is 2.00. The fourth-order valence-electron chi connectivity index (χ4n) is 3.47. The van der Waals surface area contributed by atoms with Crippen molar-refractivity contribution >= 4 is 42.1 Å². The molecule has 0 aromatic carbocycles. The summed E-state index contributed by atoms with van der Waals surface area (Å²) in [5, 5.41) is 4.18. The first-order chi connectivity index (χ1) is 11.8. The second-order valence-corrected chi connectivity index (χ2v) is 6.92. The average Bonchev–Trinajstić information content (AvgIpc) is 2.83. The van der Waals surface area contributed by atoms with Crippen molar-refractivity contribution in [3.05, 3.63) is 53.4 Å². The monoisotopic (exact) mass is 412 g/mol. The molecule has 7 heteroatoms. The third-order valence-electron chi connectivity index (χ3n) is 4.73. The largest absolute Gasteiger partial charge is 0.317 e. The van der Waals surface area contributed by atoms with Crippen LogP contribution in [0.1, 0.15) is 25.0 Å². The molecule has 1 aliphatic rings. The van der Waals surface area contributed by atoms with Gasteiger partial charge in [0.05, 0.1) is 22.6 Å². The van der Waals surface area contributed by atoms with E-state index in [-0.39, 0.29) is 24.8 Å². The van der Waals surface area contributed by atoms with Crippen molar-refractivity contribution in [1.29, 1.82) is 0 Å². The van der Waals surface area contributed by atoms with Gasteiger partial charge in [0.15, 0.2) is 0 Å². The average molecular weight is 414 g/mol. The second kappa shape index (κ2) is 9.56. The second-order valence-electron chi connectivity index (χ2n) is 6.48. The minimum atomic E-state index is 0. The van der Waals surface area contributed by atoms with Crippen LogP contribution in [0.15, 0.2) is 42.7 Å². The Kier molecular flexibility index (Phi) is 7.71. The summed E-state index contributed by atoms with van der Waals surface area (Å²) in [5.41, 5.74) is 3.98. The van der Waals surface area contributed by atoms with Gasteiger partial charge in [-0.15, -0.1) is 24.8 Å². The molecule has 1 fully saturated rings. The topological polar surface area (TPSA) is 42.2 Å². The van der Waals surface area contributed by atoms with E-state index in [1.54, 1.807) is 0 Å². The van der Waals surface area contributed by atoms with E-state index in [0.29, 0.717) is 5.02 Å². The molecule has 1 saturated heterocycles. The molecule has 3 aromatic heterocycles. The quantitative estimate of drug-likeness (QED) is 0.669. The third kappa shape index (κ3) is 4.68. The van der Waals surface area contributed by atoms with Crippen LogP contribution in [0.2, 0.25) is 5.02 Å². The first-order valence-electron chi connectivity index (χ1n) is 8.59. The minimum absolute atomic E-state index is 0. The van der Waals surface area contributed by atoms with Crippen LogP contribution in [-0.4, -0.2) is 27.5 Å². The molecule has 1 N–H and O–H groups in total. The molecule has 1 atom stereocenters. The molecule has 3 aromatic rings. The number of hydrogen-bond acceptors (Lipinski definition) is 3. The van der Waals surface area contributed by atoms with Crippen LogP contribution in [-0.2, 0) is 6.42 Å². The van der Waals surface area contributed by atoms with Crippen molar-refractivity contribution < 1.29 is 0 Å². The number of nitrogens with one attached hydrogen (secondary N) is 1. The third-order valence-corrected chi connectivity index (χ3v) is 4.96. The van der Waals surface area contributed by atoms with E-state index in [1.807, 2.05) is 35.0 Å². The molecule has 0 radical (unpaired) electrons. The lowest BCUT2D eigenvalue weighted by molar-refractivity contribution is 0.465. The highest BCUT2D eigenvalue weighted by Gasteiger charge is 2.14. The van der Waals surface area contributed by atoms with Gasteiger partial charge in [0, 0.05) is 11.9 Å². The van der Waals surface area contributed by atoms with Crippen molar-refractivity contribution in [3.8, 4) is 11.4 Å². The molecule has 0 amide bonds. The number of aromatic nitrogens is 3. The van der Waals surface area contributed by atoms with Crippen LogP contribution < -0.4 is 5.32 Å². The molecule has 0 spiro atoms. The number of hydrogen-bond donors (Lipinski definition) is 1. The van der Waals surface area contributed by atoms with E-state index in [0.717, 1.165) is 48.2 Å². The van der Waals surface area contributed by atoms with Gasteiger partial charge in [0.2, 0.25) is 0 Å². The summed E-state index contributed by atoms with van der Waals surface area (Å²) in [7, 11) is 0. The van der Waals surface area contributed by atoms with E-state index in [9.17, 15) is 0 Å². The molecule has 0 bridgehead atoms. The zero-order valence-corrected chi connectivity index (χ0v) is 16.8. The van der Waals surface area contributed by atoms with Crippen LogP contribution in [0, 0.1) is 5.92 Å². The van der Waals surface area contributed by atoms with Gasteiger partial charge >= 0.3 is 0 Å². The maximum absolute atomic E-state index is 6.14. The summed E-state index contributed by atoms with van der Waals surface area (Å²) in [6.07, 6.45) is 8.59. The van der Waals surface area contributed by atoms with Crippen LogP contribution in [0.3, 0.4) is 0 Å². The van der Waals surface area contributed by atoms with Crippen LogP contribution in [0.25, 0.3) is 17.0 Å². The Morgan fingerprint density at radius 2 is 2.00 bits per heavy atom. The van der Waals surface area contributed by atoms with Gasteiger partial charge in [-0.05, 0) is 69.0 Å². The normalized spacial score (nSPS) is 17.2. The fraction of sp³-hybridized carbons (Fsp3) is 0.368. The van der Waals surface area contributed by atoms with Crippen molar-refractivity contribution in [1.82, 2.24) is 19.7 Å². The zero-order chi connectivity index (χ0) is 16.4. The SMILES string of the molecule is Cl.Cl.Clc1ccc2ncc(-c3cccc(CC4CCCNCC4)n3)n2c1. The molecule has 4 heterocycles. The Hall–Kier alpha value is -1.33. The first kappa shape index (κ1) is 21.0. The number of fused-ring (bicyclic) bond motifs is 1. The Bertz CT molecular complexity index is 842. The highest BCUT2D eigenvalue weighted by atomic mass is 35.5. The number of imidazole rings is 1. The van der Waals surface area contributed by atoms with E-state index in [2.05, 4.69) is 22.4 Å². The minimum Gasteiger partial charge on any atom is -0.317 e. The maximum Gasteiger partial charge on any atom is 0.137 e. The van der Waals surface area contributed by atoms with Crippen molar-refractivity contribution in [2.75, 3.05) is 13.1 Å². The lowest BCUT2D eigenvalue weighted by Crippen LogP contribution is -2.14. The van der Waals surface area contributed by atoms with Gasteiger partial charge in [0.25, 0.3) is 0 Å². The van der Waals surface area contributed by atoms with Crippen molar-refractivity contribution in [3.63, 3.8) is 0 Å². The molecule has 4 rings (SSSR count). The Labute approximate surface area is 171 Å². The summed E-state index contributed by atoms with van der Waals surface area (Å²) in [6, 6.07) is 10.1. The van der Waals surface area contributed by atoms with Crippen molar-refractivity contribution in [2.24, 2.45) is 5.92 Å². The van der Waals surface area contributed by atoms with Gasteiger partial charge in [-0.2, -0.15) is 0 Å². The predicted molar refractivity (Wildman–Crippen MR) is 112 cm³/mol. The Morgan fingerprint density at radius 3 is 2.88 bits per heavy atom. The van der Waals surface area contributed by atoms with Crippen LogP contribution >= 0.6 is 36.4 Å². The first-order valence-corrected chi connectivity index (χ1v) is 8.97. The maximum atomic E-state index is 6.14. The number of rotatable bonds is 3. The molecule has 4 nitrogen and oxygen atoms in total. The number of nitrogens with zero attached hydrogens (tertiary/aromatic N) is 3. The Balaban J connectivity index is 0.00000121. The summed E-state index contributed by atoms with van der Waals surface area (Å²) in [6.45, 7) is 2.27. The molecular weight excluding hydrogens is 391 g/mol. The predicted octanol–water partition coefficient (Wildman–Crippen LogP) is 4.83. The van der Waals surface area contributed by atoms with E-state index in [4.69, 9.17) is 16.6 Å². The van der Waals surface area contributed by atoms with E-state index in [1.165, 1.54) is 19.3 Å². The molecule has 140 valence electrons. The number of halogens is 3. The standard InChI is InChI=1S/C19H21ClN4.2ClH/c20-15-6-7-19-22-12-18(24(19)13-15)17-5-1-4-16(23-17)11-14-3-2-9-21-10-8-14;;/h1,4-7,12-14,21H,2-3,8-11H2;2*1H. The van der Waals surface area contributed by atoms with Gasteiger partial charge in [-0.3, -0.25) is 9.38 Å². The lowest BCUT2D eigenvalue weighted by atomic mass is 9.95. The Morgan fingerprint density at radius 1 is 1.12 bits per heavy atom. The zero-order valence-electron chi connectivity index (χ0n) is 14.4. The molecule has 0 saturated carbocycles. The molecule has 26 heavy (non-hydrogen) atoms. The highest BCUT2D eigenvalue weighted by Crippen LogP contribution is 2.23. The summed E-state index contributed by atoms with van der Waals surface area (Å²) in [5.74, 6) is 0.722. The lowest BCUT2D eigenvalue weighted by Gasteiger charge is -2.13. The van der Waals surface area contributed by atoms with Crippen LogP contribution in [0.5, 0.6) is 0 Å². The fourth-order valence-corrected chi connectivity index (χ4v) is 3.63.